The number of hydrogen-bond donors (Lipinski definition) is 1. The SMILES string of the molecule is Cc1n[nH]c(-c2cc(Cc3ccccc3F)c3nccn3c2)n1. The summed E-state index contributed by atoms with van der Waals surface area (Å²) in [7, 11) is 0. The molecule has 0 unspecified atom stereocenters. The minimum absolute atomic E-state index is 0.210. The molecule has 0 radical (unpaired) electrons. The summed E-state index contributed by atoms with van der Waals surface area (Å²) in [6.45, 7) is 1.83. The maximum absolute atomic E-state index is 14.0. The molecular formula is C17H14FN5. The first-order valence-corrected chi connectivity index (χ1v) is 7.29. The number of rotatable bonds is 3. The Hall–Kier alpha value is -3.02. The normalized spacial score (nSPS) is 11.2. The van der Waals surface area contributed by atoms with Gasteiger partial charge in [0.15, 0.2) is 5.82 Å². The van der Waals surface area contributed by atoms with Gasteiger partial charge in [0.1, 0.15) is 17.3 Å². The van der Waals surface area contributed by atoms with Crippen LogP contribution in [0.25, 0.3) is 17.0 Å². The Morgan fingerprint density at radius 2 is 2.09 bits per heavy atom. The van der Waals surface area contributed by atoms with E-state index in [4.69, 9.17) is 0 Å². The van der Waals surface area contributed by atoms with E-state index in [1.54, 1.807) is 18.3 Å². The Bertz CT molecular complexity index is 985. The van der Waals surface area contributed by atoms with E-state index < -0.39 is 0 Å². The highest BCUT2D eigenvalue weighted by molar-refractivity contribution is 5.62. The molecule has 0 fully saturated rings. The highest BCUT2D eigenvalue weighted by atomic mass is 19.1. The summed E-state index contributed by atoms with van der Waals surface area (Å²) in [6, 6.07) is 8.78. The molecule has 3 aromatic heterocycles. The molecular weight excluding hydrogens is 293 g/mol. The van der Waals surface area contributed by atoms with Gasteiger partial charge in [-0.3, -0.25) is 5.10 Å². The van der Waals surface area contributed by atoms with Crippen molar-refractivity contribution in [1.29, 1.82) is 0 Å². The van der Waals surface area contributed by atoms with E-state index in [1.165, 1.54) is 6.07 Å². The van der Waals surface area contributed by atoms with E-state index in [1.807, 2.05) is 35.9 Å². The van der Waals surface area contributed by atoms with Gasteiger partial charge in [-0.05, 0) is 24.6 Å². The van der Waals surface area contributed by atoms with Gasteiger partial charge in [0.25, 0.3) is 0 Å². The van der Waals surface area contributed by atoms with Gasteiger partial charge in [0.05, 0.1) is 0 Å². The van der Waals surface area contributed by atoms with E-state index in [0.717, 1.165) is 16.8 Å². The number of fused-ring (bicyclic) bond motifs is 1. The first-order chi connectivity index (χ1) is 11.2. The Balaban J connectivity index is 1.85. The molecule has 0 saturated carbocycles. The number of aromatic nitrogens is 5. The fourth-order valence-electron chi connectivity index (χ4n) is 2.69. The van der Waals surface area contributed by atoms with E-state index in [9.17, 15) is 4.39 Å². The summed E-state index contributed by atoms with van der Waals surface area (Å²) in [4.78, 5) is 8.74. The molecule has 0 aliphatic rings. The Morgan fingerprint density at radius 3 is 2.87 bits per heavy atom. The molecule has 4 rings (SSSR count). The van der Waals surface area contributed by atoms with E-state index in [-0.39, 0.29) is 5.82 Å². The number of aryl methyl sites for hydroxylation is 1. The van der Waals surface area contributed by atoms with Crippen LogP contribution in [0, 0.1) is 12.7 Å². The average molecular weight is 307 g/mol. The summed E-state index contributed by atoms with van der Waals surface area (Å²) in [5, 5.41) is 6.98. The Kier molecular flexibility index (Phi) is 3.15. The number of nitrogens with one attached hydrogen (secondary N) is 1. The van der Waals surface area contributed by atoms with Gasteiger partial charge in [-0.15, -0.1) is 0 Å². The monoisotopic (exact) mass is 307 g/mol. The van der Waals surface area contributed by atoms with E-state index in [2.05, 4.69) is 20.2 Å². The lowest BCUT2D eigenvalue weighted by Gasteiger charge is -2.08. The van der Waals surface area contributed by atoms with E-state index >= 15 is 0 Å². The fraction of sp³-hybridized carbons (Fsp3) is 0.118. The first kappa shape index (κ1) is 13.6. The minimum atomic E-state index is -0.210. The zero-order valence-corrected chi connectivity index (χ0v) is 12.5. The molecule has 1 N–H and O–H groups in total. The number of halogens is 1. The van der Waals surface area contributed by atoms with Crippen LogP contribution in [0.5, 0.6) is 0 Å². The smallest absolute Gasteiger partial charge is 0.157 e. The predicted octanol–water partition coefficient (Wildman–Crippen LogP) is 3.16. The number of H-pyrrole nitrogens is 1. The third-order valence-electron chi connectivity index (χ3n) is 3.77. The van der Waals surface area contributed by atoms with Crippen molar-refractivity contribution in [2.24, 2.45) is 0 Å². The van der Waals surface area contributed by atoms with Gasteiger partial charge in [0.2, 0.25) is 0 Å². The number of hydrogen-bond acceptors (Lipinski definition) is 3. The van der Waals surface area contributed by atoms with Crippen molar-refractivity contribution in [2.45, 2.75) is 13.3 Å². The molecule has 0 amide bonds. The van der Waals surface area contributed by atoms with Gasteiger partial charge in [-0.2, -0.15) is 5.10 Å². The summed E-state index contributed by atoms with van der Waals surface area (Å²) in [5.74, 6) is 1.16. The fourth-order valence-corrected chi connectivity index (χ4v) is 2.69. The van der Waals surface area contributed by atoms with Crippen molar-refractivity contribution in [3.05, 3.63) is 71.7 Å². The van der Waals surface area contributed by atoms with Gasteiger partial charge in [0, 0.05) is 36.1 Å². The third-order valence-corrected chi connectivity index (χ3v) is 3.77. The van der Waals surface area contributed by atoms with Gasteiger partial charge < -0.3 is 4.40 Å². The summed E-state index contributed by atoms with van der Waals surface area (Å²) in [5.41, 5.74) is 3.28. The van der Waals surface area contributed by atoms with Crippen molar-refractivity contribution in [1.82, 2.24) is 24.6 Å². The minimum Gasteiger partial charge on any atom is -0.306 e. The number of pyridine rings is 1. The molecule has 0 atom stereocenters. The average Bonchev–Trinajstić information content (AvgIpc) is 3.18. The molecule has 3 heterocycles. The highest BCUT2D eigenvalue weighted by Gasteiger charge is 2.12. The molecule has 6 heteroatoms. The Morgan fingerprint density at radius 1 is 1.22 bits per heavy atom. The largest absolute Gasteiger partial charge is 0.306 e. The first-order valence-electron chi connectivity index (χ1n) is 7.29. The number of nitrogens with zero attached hydrogens (tertiary/aromatic N) is 4. The van der Waals surface area contributed by atoms with Crippen LogP contribution in [0.1, 0.15) is 17.0 Å². The second-order valence-electron chi connectivity index (χ2n) is 5.41. The molecule has 114 valence electrons. The lowest BCUT2D eigenvalue weighted by molar-refractivity contribution is 0.614. The zero-order valence-electron chi connectivity index (χ0n) is 12.5. The van der Waals surface area contributed by atoms with Crippen LogP contribution in [-0.4, -0.2) is 24.6 Å². The van der Waals surface area contributed by atoms with Crippen molar-refractivity contribution in [2.75, 3.05) is 0 Å². The molecule has 0 saturated heterocycles. The molecule has 0 spiro atoms. The van der Waals surface area contributed by atoms with Crippen molar-refractivity contribution in [3.8, 4) is 11.4 Å². The lowest BCUT2D eigenvalue weighted by Crippen LogP contribution is -1.98. The van der Waals surface area contributed by atoms with E-state index in [0.29, 0.717) is 23.6 Å². The third kappa shape index (κ3) is 2.48. The molecule has 0 aliphatic carbocycles. The van der Waals surface area contributed by atoms with Crippen LogP contribution in [-0.2, 0) is 6.42 Å². The number of imidazole rings is 1. The molecule has 1 aromatic carbocycles. The molecule has 23 heavy (non-hydrogen) atoms. The second-order valence-corrected chi connectivity index (χ2v) is 5.41. The summed E-state index contributed by atoms with van der Waals surface area (Å²) in [6.07, 6.45) is 6.00. The number of benzene rings is 1. The molecule has 4 aromatic rings. The van der Waals surface area contributed by atoms with Crippen molar-refractivity contribution < 1.29 is 4.39 Å². The van der Waals surface area contributed by atoms with Gasteiger partial charge in [-0.1, -0.05) is 18.2 Å². The van der Waals surface area contributed by atoms with Crippen LogP contribution < -0.4 is 0 Å². The molecule has 0 bridgehead atoms. The van der Waals surface area contributed by atoms with Crippen LogP contribution in [0.3, 0.4) is 0 Å². The quantitative estimate of drug-likeness (QED) is 0.632. The van der Waals surface area contributed by atoms with Crippen molar-refractivity contribution in [3.63, 3.8) is 0 Å². The molecule has 0 aliphatic heterocycles. The highest BCUT2D eigenvalue weighted by Crippen LogP contribution is 2.23. The van der Waals surface area contributed by atoms with Crippen LogP contribution in [0.2, 0.25) is 0 Å². The summed E-state index contributed by atoms with van der Waals surface area (Å²) < 4.78 is 15.9. The maximum atomic E-state index is 14.0. The van der Waals surface area contributed by atoms with Crippen LogP contribution in [0.15, 0.2) is 48.9 Å². The van der Waals surface area contributed by atoms with Gasteiger partial charge in [-0.25, -0.2) is 14.4 Å². The predicted molar refractivity (Wildman–Crippen MR) is 84.5 cm³/mol. The standard InChI is InChI=1S/C17H14FN5/c1-11-20-16(22-21-11)14-9-13(17-19-6-7-23(17)10-14)8-12-4-2-3-5-15(12)18/h2-7,9-10H,8H2,1H3,(H,20,21,22). The van der Waals surface area contributed by atoms with Crippen LogP contribution >= 0.6 is 0 Å². The van der Waals surface area contributed by atoms with Gasteiger partial charge >= 0.3 is 0 Å². The number of aromatic amines is 1. The zero-order chi connectivity index (χ0) is 15.8. The second kappa shape index (κ2) is 5.31. The Labute approximate surface area is 131 Å². The van der Waals surface area contributed by atoms with Crippen LogP contribution in [0.4, 0.5) is 4.39 Å². The van der Waals surface area contributed by atoms with Crippen molar-refractivity contribution >= 4 is 5.65 Å². The summed E-state index contributed by atoms with van der Waals surface area (Å²) >= 11 is 0. The lowest BCUT2D eigenvalue weighted by atomic mass is 10.0. The molecule has 5 nitrogen and oxygen atoms in total. The maximum Gasteiger partial charge on any atom is 0.157 e. The topological polar surface area (TPSA) is 58.9 Å².